The van der Waals surface area contributed by atoms with Gasteiger partial charge in [0.25, 0.3) is 5.91 Å². The molecular weight excluding hydrogens is 389 g/mol. The Labute approximate surface area is 165 Å². The van der Waals surface area contributed by atoms with Gasteiger partial charge in [-0.25, -0.2) is 4.98 Å². The number of anilines is 1. The van der Waals surface area contributed by atoms with Gasteiger partial charge in [-0.3, -0.25) is 9.59 Å². The number of primary amides is 1. The third-order valence-corrected chi connectivity index (χ3v) is 4.37. The zero-order valence-corrected chi connectivity index (χ0v) is 15.8. The molecule has 1 aromatic heterocycles. The van der Waals surface area contributed by atoms with Crippen molar-refractivity contribution in [2.45, 2.75) is 6.92 Å². The fourth-order valence-corrected chi connectivity index (χ4v) is 3.05. The highest BCUT2D eigenvalue weighted by Gasteiger charge is 2.15. The monoisotopic (exact) mass is 403 g/mol. The van der Waals surface area contributed by atoms with Crippen LogP contribution in [0.3, 0.4) is 0 Å². The quantitative estimate of drug-likeness (QED) is 0.673. The number of nitrogens with two attached hydrogens (primary N) is 1. The van der Waals surface area contributed by atoms with Gasteiger partial charge in [0.05, 0.1) is 10.0 Å². The molecule has 3 N–H and O–H groups in total. The second-order valence-electron chi connectivity index (χ2n) is 5.80. The molecule has 0 unspecified atom stereocenters. The van der Waals surface area contributed by atoms with Crippen molar-refractivity contribution in [2.75, 3.05) is 11.9 Å². The number of halogens is 2. The highest BCUT2D eigenvalue weighted by molar-refractivity contribution is 6.39. The normalized spacial score (nSPS) is 10.6. The highest BCUT2D eigenvalue weighted by Crippen LogP contribution is 2.37. The van der Waals surface area contributed by atoms with E-state index in [9.17, 15) is 9.59 Å². The van der Waals surface area contributed by atoms with Gasteiger partial charge < -0.3 is 15.8 Å². The van der Waals surface area contributed by atoms with E-state index in [-0.39, 0.29) is 11.6 Å². The maximum atomic E-state index is 12.2. The van der Waals surface area contributed by atoms with Crippen LogP contribution >= 0.6 is 23.2 Å². The molecule has 3 aromatic rings. The van der Waals surface area contributed by atoms with Gasteiger partial charge in [-0.2, -0.15) is 0 Å². The molecule has 2 aromatic carbocycles. The fourth-order valence-electron chi connectivity index (χ4n) is 2.48. The van der Waals surface area contributed by atoms with Crippen molar-refractivity contribution in [2.24, 2.45) is 5.73 Å². The minimum atomic E-state index is -0.539. The van der Waals surface area contributed by atoms with E-state index in [4.69, 9.17) is 33.7 Å². The van der Waals surface area contributed by atoms with Crippen LogP contribution in [0.5, 0.6) is 5.75 Å². The number of pyridine rings is 1. The van der Waals surface area contributed by atoms with Crippen molar-refractivity contribution in [1.82, 2.24) is 4.98 Å². The average molecular weight is 404 g/mol. The summed E-state index contributed by atoms with van der Waals surface area (Å²) >= 11 is 12.4. The summed E-state index contributed by atoms with van der Waals surface area (Å²) in [5.41, 5.74) is 7.30. The maximum absolute atomic E-state index is 12.2. The van der Waals surface area contributed by atoms with Crippen molar-refractivity contribution >= 4 is 51.6 Å². The van der Waals surface area contributed by atoms with Gasteiger partial charge in [-0.05, 0) is 49.4 Å². The molecule has 138 valence electrons. The van der Waals surface area contributed by atoms with Crippen molar-refractivity contribution in [3.63, 3.8) is 0 Å². The summed E-state index contributed by atoms with van der Waals surface area (Å²) in [6.45, 7) is 1.56. The topological polar surface area (TPSA) is 94.3 Å². The Kier molecular flexibility index (Phi) is 5.48. The van der Waals surface area contributed by atoms with Crippen LogP contribution in [0.2, 0.25) is 10.0 Å². The molecule has 6 nitrogen and oxygen atoms in total. The van der Waals surface area contributed by atoms with Gasteiger partial charge in [0.15, 0.2) is 12.4 Å². The molecule has 0 fully saturated rings. The molecule has 0 radical (unpaired) electrons. The van der Waals surface area contributed by atoms with Gasteiger partial charge in [0, 0.05) is 22.3 Å². The zero-order valence-electron chi connectivity index (χ0n) is 14.3. The molecule has 27 heavy (non-hydrogen) atoms. The van der Waals surface area contributed by atoms with E-state index in [1.165, 1.54) is 12.1 Å². The predicted octanol–water partition coefficient (Wildman–Crippen LogP) is 3.97. The number of aromatic nitrogens is 1. The number of hydrogen-bond acceptors (Lipinski definition) is 4. The molecule has 2 amide bonds. The lowest BCUT2D eigenvalue weighted by atomic mass is 10.2. The number of aryl methyl sites for hydroxylation is 1. The molecule has 3 rings (SSSR count). The molecule has 0 bridgehead atoms. The molecule has 0 aliphatic carbocycles. The molecule has 0 aliphatic heterocycles. The molecule has 0 atom stereocenters. The number of rotatable bonds is 5. The number of nitrogens with one attached hydrogen (secondary N) is 1. The number of benzene rings is 2. The fraction of sp³-hybridized carbons (Fsp3) is 0.105. The number of carbonyl (C=O) groups excluding carboxylic acids is 2. The first-order valence-electron chi connectivity index (χ1n) is 7.93. The van der Waals surface area contributed by atoms with Crippen molar-refractivity contribution in [3.05, 3.63) is 63.8 Å². The Morgan fingerprint density at radius 1 is 1.11 bits per heavy atom. The Hall–Kier alpha value is -2.83. The van der Waals surface area contributed by atoms with E-state index in [1.54, 1.807) is 18.2 Å². The van der Waals surface area contributed by atoms with Gasteiger partial charge in [-0.15, -0.1) is 0 Å². The lowest BCUT2D eigenvalue weighted by molar-refractivity contribution is -0.118. The zero-order chi connectivity index (χ0) is 19.6. The van der Waals surface area contributed by atoms with Crippen LogP contribution in [0.4, 0.5) is 5.69 Å². The number of fused-ring (bicyclic) bond motifs is 1. The predicted molar refractivity (Wildman–Crippen MR) is 106 cm³/mol. The SMILES string of the molecule is Cc1ccc2c(Cl)cc(Cl)c(OCC(=O)Nc3ccc(C(N)=O)cc3)c2n1. The Bertz CT molecular complexity index is 1040. The molecule has 8 heteroatoms. The molecule has 0 saturated carbocycles. The third kappa shape index (κ3) is 4.30. The summed E-state index contributed by atoms with van der Waals surface area (Å²) in [4.78, 5) is 27.7. The molecular formula is C19H15Cl2N3O3. The molecule has 0 aliphatic rings. The molecule has 1 heterocycles. The first kappa shape index (κ1) is 18.9. The number of amides is 2. The average Bonchev–Trinajstić information content (AvgIpc) is 2.61. The minimum Gasteiger partial charge on any atom is -0.480 e. The smallest absolute Gasteiger partial charge is 0.262 e. The second-order valence-corrected chi connectivity index (χ2v) is 6.61. The number of carbonyl (C=O) groups is 2. The van der Waals surface area contributed by atoms with Gasteiger partial charge >= 0.3 is 0 Å². The van der Waals surface area contributed by atoms with Crippen LogP contribution < -0.4 is 15.8 Å². The van der Waals surface area contributed by atoms with E-state index >= 15 is 0 Å². The van der Waals surface area contributed by atoms with Crippen LogP contribution in [0, 0.1) is 6.92 Å². The first-order valence-corrected chi connectivity index (χ1v) is 8.68. The van der Waals surface area contributed by atoms with Crippen LogP contribution in [-0.4, -0.2) is 23.4 Å². The number of ether oxygens (including phenoxy) is 1. The minimum absolute atomic E-state index is 0.268. The summed E-state index contributed by atoms with van der Waals surface area (Å²) < 4.78 is 5.62. The summed E-state index contributed by atoms with van der Waals surface area (Å²) in [5, 5.41) is 4.07. The van der Waals surface area contributed by atoms with Crippen molar-refractivity contribution in [1.29, 1.82) is 0 Å². The molecule has 0 saturated heterocycles. The van der Waals surface area contributed by atoms with Crippen molar-refractivity contribution < 1.29 is 14.3 Å². The highest BCUT2D eigenvalue weighted by atomic mass is 35.5. The van der Waals surface area contributed by atoms with E-state index in [0.29, 0.717) is 32.9 Å². The van der Waals surface area contributed by atoms with Crippen LogP contribution in [0.15, 0.2) is 42.5 Å². The number of hydrogen-bond donors (Lipinski definition) is 2. The van der Waals surface area contributed by atoms with E-state index in [2.05, 4.69) is 10.3 Å². The van der Waals surface area contributed by atoms with E-state index in [1.807, 2.05) is 19.1 Å². The molecule has 0 spiro atoms. The summed E-state index contributed by atoms with van der Waals surface area (Å²) in [5.74, 6) is -0.643. The lowest BCUT2D eigenvalue weighted by Gasteiger charge is -2.12. The van der Waals surface area contributed by atoms with E-state index < -0.39 is 11.8 Å². The van der Waals surface area contributed by atoms with Crippen LogP contribution in [-0.2, 0) is 4.79 Å². The van der Waals surface area contributed by atoms with Gasteiger partial charge in [0.2, 0.25) is 5.91 Å². The lowest BCUT2D eigenvalue weighted by Crippen LogP contribution is -2.20. The standard InChI is InChI=1S/C19H15Cl2N3O3/c1-10-2-7-13-14(20)8-15(21)18(17(13)23-10)27-9-16(25)24-12-5-3-11(4-6-12)19(22)26/h2-8H,9H2,1H3,(H2,22,26)(H,24,25). The Morgan fingerprint density at radius 3 is 2.48 bits per heavy atom. The van der Waals surface area contributed by atoms with Crippen LogP contribution in [0.25, 0.3) is 10.9 Å². The second kappa shape index (κ2) is 7.82. The largest absolute Gasteiger partial charge is 0.480 e. The summed E-state index contributed by atoms with van der Waals surface area (Å²) in [7, 11) is 0. The summed E-state index contributed by atoms with van der Waals surface area (Å²) in [6, 6.07) is 11.4. The Balaban J connectivity index is 1.75. The van der Waals surface area contributed by atoms with E-state index in [0.717, 1.165) is 5.69 Å². The van der Waals surface area contributed by atoms with Gasteiger partial charge in [0.1, 0.15) is 5.52 Å². The van der Waals surface area contributed by atoms with Crippen LogP contribution in [0.1, 0.15) is 16.1 Å². The Morgan fingerprint density at radius 2 is 1.81 bits per heavy atom. The van der Waals surface area contributed by atoms with Crippen molar-refractivity contribution in [3.8, 4) is 5.75 Å². The summed E-state index contributed by atoms with van der Waals surface area (Å²) in [6.07, 6.45) is 0. The maximum Gasteiger partial charge on any atom is 0.262 e. The number of nitrogens with zero attached hydrogens (tertiary/aromatic N) is 1. The van der Waals surface area contributed by atoms with Gasteiger partial charge in [-0.1, -0.05) is 23.2 Å². The first-order chi connectivity index (χ1) is 12.8. The third-order valence-electron chi connectivity index (χ3n) is 3.78.